The molecule has 6 heteroatoms. The summed E-state index contributed by atoms with van der Waals surface area (Å²) in [7, 11) is 0. The number of benzene rings is 1. The molecule has 1 fully saturated rings. The molecule has 0 bridgehead atoms. The van der Waals surface area contributed by atoms with Crippen molar-refractivity contribution in [1.29, 1.82) is 0 Å². The molecule has 4 rings (SSSR count). The average Bonchev–Trinajstić information content (AvgIpc) is 3.40. The summed E-state index contributed by atoms with van der Waals surface area (Å²) in [5, 5.41) is 4.01. The number of carbonyl (C=O) groups is 1. The maximum absolute atomic E-state index is 12.8. The van der Waals surface area contributed by atoms with Crippen LogP contribution in [0.4, 0.5) is 5.00 Å². The van der Waals surface area contributed by atoms with Gasteiger partial charge in [-0.25, -0.2) is 0 Å². The molecule has 1 atom stereocenters. The molecule has 1 aliphatic heterocycles. The number of amides is 1. The van der Waals surface area contributed by atoms with E-state index in [1.165, 1.54) is 33.4 Å². The third kappa shape index (κ3) is 4.61. The van der Waals surface area contributed by atoms with E-state index in [0.29, 0.717) is 11.7 Å². The zero-order chi connectivity index (χ0) is 22.0. The molecule has 5 nitrogen and oxygen atoms in total. The van der Waals surface area contributed by atoms with Crippen molar-refractivity contribution in [3.8, 4) is 0 Å². The minimum atomic E-state index is -0.219. The number of furan rings is 1. The molecule has 1 aliphatic rings. The lowest BCUT2D eigenvalue weighted by Crippen LogP contribution is -2.40. The van der Waals surface area contributed by atoms with Crippen LogP contribution in [0.25, 0.3) is 0 Å². The molecule has 1 amide bonds. The number of aryl methyl sites for hydroxylation is 1. The van der Waals surface area contributed by atoms with Crippen LogP contribution in [0.15, 0.2) is 47.1 Å². The van der Waals surface area contributed by atoms with Gasteiger partial charge in [0.05, 0.1) is 25.5 Å². The van der Waals surface area contributed by atoms with Crippen molar-refractivity contribution >= 4 is 22.2 Å². The summed E-state index contributed by atoms with van der Waals surface area (Å²) in [5.41, 5.74) is 4.96. The number of carbonyl (C=O) groups excluding carboxylic acids is 1. The second-order valence-corrected chi connectivity index (χ2v) is 9.55. The number of hydrogen-bond donors (Lipinski definition) is 1. The molecule has 0 unspecified atom stereocenters. The van der Waals surface area contributed by atoms with E-state index in [9.17, 15) is 4.79 Å². The SMILES string of the molecule is Cc1sc(NC(=O)c2ccco2)c([C@@H](c2ccc(C(C)C)cc2)N2CCOCC2)c1C. The molecule has 0 aliphatic carbocycles. The summed E-state index contributed by atoms with van der Waals surface area (Å²) in [6, 6.07) is 12.4. The first kappa shape index (κ1) is 21.8. The first-order valence-electron chi connectivity index (χ1n) is 10.8. The van der Waals surface area contributed by atoms with Crippen LogP contribution in [0.2, 0.25) is 0 Å². The lowest BCUT2D eigenvalue weighted by Gasteiger charge is -2.36. The Kier molecular flexibility index (Phi) is 6.60. The van der Waals surface area contributed by atoms with Gasteiger partial charge in [-0.3, -0.25) is 9.69 Å². The van der Waals surface area contributed by atoms with Gasteiger partial charge in [0.1, 0.15) is 5.00 Å². The van der Waals surface area contributed by atoms with Crippen LogP contribution in [-0.2, 0) is 4.74 Å². The third-order valence-electron chi connectivity index (χ3n) is 6.01. The van der Waals surface area contributed by atoms with Gasteiger partial charge in [0.15, 0.2) is 5.76 Å². The second-order valence-electron chi connectivity index (χ2n) is 8.33. The maximum atomic E-state index is 12.8. The van der Waals surface area contributed by atoms with Crippen molar-refractivity contribution in [2.24, 2.45) is 0 Å². The first-order chi connectivity index (χ1) is 15.0. The van der Waals surface area contributed by atoms with Gasteiger partial charge in [-0.15, -0.1) is 11.3 Å². The van der Waals surface area contributed by atoms with E-state index >= 15 is 0 Å². The van der Waals surface area contributed by atoms with Crippen LogP contribution in [0, 0.1) is 13.8 Å². The minimum Gasteiger partial charge on any atom is -0.459 e. The highest BCUT2D eigenvalue weighted by molar-refractivity contribution is 7.16. The monoisotopic (exact) mass is 438 g/mol. The fourth-order valence-electron chi connectivity index (χ4n) is 4.10. The predicted molar refractivity (Wildman–Crippen MR) is 125 cm³/mol. The van der Waals surface area contributed by atoms with E-state index < -0.39 is 0 Å². The van der Waals surface area contributed by atoms with E-state index in [1.807, 2.05) is 0 Å². The molecule has 2 aromatic heterocycles. The van der Waals surface area contributed by atoms with E-state index in [1.54, 1.807) is 23.5 Å². The van der Waals surface area contributed by atoms with Crippen molar-refractivity contribution in [3.63, 3.8) is 0 Å². The molecule has 3 aromatic rings. The standard InChI is InChI=1S/C25H30N2O3S/c1-16(2)19-7-9-20(10-8-19)23(27-11-14-29-15-12-27)22-17(3)18(4)31-25(22)26-24(28)21-6-5-13-30-21/h5-10,13,16,23H,11-12,14-15H2,1-4H3,(H,26,28)/t23-/m1/s1. The number of nitrogens with zero attached hydrogens (tertiary/aromatic N) is 1. The normalized spacial score (nSPS) is 15.9. The summed E-state index contributed by atoms with van der Waals surface area (Å²) in [5.74, 6) is 0.589. The number of ether oxygens (including phenoxy) is 1. The Labute approximate surface area is 188 Å². The molecule has 0 saturated carbocycles. The topological polar surface area (TPSA) is 54.7 Å². The van der Waals surface area contributed by atoms with Gasteiger partial charge in [-0.1, -0.05) is 38.1 Å². The minimum absolute atomic E-state index is 0.0574. The predicted octanol–water partition coefficient (Wildman–Crippen LogP) is 5.76. The number of morpholine rings is 1. The summed E-state index contributed by atoms with van der Waals surface area (Å²) in [4.78, 5) is 16.4. The van der Waals surface area contributed by atoms with Gasteiger partial charge in [0.25, 0.3) is 5.91 Å². The van der Waals surface area contributed by atoms with Crippen molar-refractivity contribution in [1.82, 2.24) is 4.90 Å². The van der Waals surface area contributed by atoms with Gasteiger partial charge in [-0.2, -0.15) is 0 Å². The van der Waals surface area contributed by atoms with E-state index in [0.717, 1.165) is 31.3 Å². The van der Waals surface area contributed by atoms with Crippen LogP contribution in [-0.4, -0.2) is 37.1 Å². The van der Waals surface area contributed by atoms with Crippen LogP contribution in [0.3, 0.4) is 0 Å². The summed E-state index contributed by atoms with van der Waals surface area (Å²) >= 11 is 1.63. The highest BCUT2D eigenvalue weighted by Gasteiger charge is 2.30. The summed E-state index contributed by atoms with van der Waals surface area (Å²) < 4.78 is 10.9. The molecule has 0 radical (unpaired) electrons. The fourth-order valence-corrected chi connectivity index (χ4v) is 5.19. The number of anilines is 1. The van der Waals surface area contributed by atoms with E-state index in [-0.39, 0.29) is 11.9 Å². The number of hydrogen-bond acceptors (Lipinski definition) is 5. The summed E-state index contributed by atoms with van der Waals surface area (Å²) in [6.45, 7) is 11.8. The number of thiophene rings is 1. The van der Waals surface area contributed by atoms with E-state index in [4.69, 9.17) is 9.15 Å². The van der Waals surface area contributed by atoms with Crippen LogP contribution in [0.1, 0.15) is 63.5 Å². The lowest BCUT2D eigenvalue weighted by atomic mass is 9.92. The summed E-state index contributed by atoms with van der Waals surface area (Å²) in [6.07, 6.45) is 1.52. The molecule has 3 heterocycles. The molecule has 1 saturated heterocycles. The Morgan fingerprint density at radius 1 is 1.06 bits per heavy atom. The highest BCUT2D eigenvalue weighted by Crippen LogP contribution is 2.42. The number of rotatable bonds is 6. The Bertz CT molecular complexity index is 1020. The van der Waals surface area contributed by atoms with Gasteiger partial charge in [0, 0.05) is 23.5 Å². The molecule has 164 valence electrons. The molecule has 1 aromatic carbocycles. The first-order valence-corrected chi connectivity index (χ1v) is 11.6. The van der Waals surface area contributed by atoms with Gasteiger partial charge in [-0.05, 0) is 48.6 Å². The third-order valence-corrected chi connectivity index (χ3v) is 7.15. The Morgan fingerprint density at radius 3 is 2.35 bits per heavy atom. The van der Waals surface area contributed by atoms with Crippen molar-refractivity contribution in [2.45, 2.75) is 39.7 Å². The molecule has 31 heavy (non-hydrogen) atoms. The van der Waals surface area contributed by atoms with Crippen LogP contribution in [0.5, 0.6) is 0 Å². The van der Waals surface area contributed by atoms with E-state index in [2.05, 4.69) is 62.2 Å². The molecule has 1 N–H and O–H groups in total. The smallest absolute Gasteiger partial charge is 0.291 e. The van der Waals surface area contributed by atoms with Crippen molar-refractivity contribution < 1.29 is 13.9 Å². The van der Waals surface area contributed by atoms with Gasteiger partial charge in [0.2, 0.25) is 0 Å². The van der Waals surface area contributed by atoms with Gasteiger partial charge < -0.3 is 14.5 Å². The fraction of sp³-hybridized carbons (Fsp3) is 0.400. The maximum Gasteiger partial charge on any atom is 0.291 e. The highest BCUT2D eigenvalue weighted by atomic mass is 32.1. The quantitative estimate of drug-likeness (QED) is 0.532. The Hall–Kier alpha value is -2.41. The average molecular weight is 439 g/mol. The largest absolute Gasteiger partial charge is 0.459 e. The Balaban J connectivity index is 1.76. The van der Waals surface area contributed by atoms with Crippen LogP contribution >= 0.6 is 11.3 Å². The Morgan fingerprint density at radius 2 is 1.74 bits per heavy atom. The second kappa shape index (κ2) is 9.39. The zero-order valence-electron chi connectivity index (χ0n) is 18.6. The van der Waals surface area contributed by atoms with Crippen molar-refractivity contribution in [3.05, 3.63) is 75.6 Å². The van der Waals surface area contributed by atoms with Crippen molar-refractivity contribution in [2.75, 3.05) is 31.6 Å². The lowest BCUT2D eigenvalue weighted by molar-refractivity contribution is 0.0240. The van der Waals surface area contributed by atoms with Gasteiger partial charge >= 0.3 is 0 Å². The molecule has 0 spiro atoms. The molecular weight excluding hydrogens is 408 g/mol. The van der Waals surface area contributed by atoms with Crippen LogP contribution < -0.4 is 5.32 Å². The number of nitrogens with one attached hydrogen (secondary N) is 1. The molecular formula is C25H30N2O3S. The zero-order valence-corrected chi connectivity index (χ0v) is 19.4.